The van der Waals surface area contributed by atoms with Crippen molar-refractivity contribution in [3.05, 3.63) is 34.9 Å². The van der Waals surface area contributed by atoms with Gasteiger partial charge in [0, 0.05) is 12.7 Å². The third-order valence-corrected chi connectivity index (χ3v) is 2.48. The first-order chi connectivity index (χ1) is 8.72. The number of nitrogens with zero attached hydrogens (tertiary/aromatic N) is 3. The van der Waals surface area contributed by atoms with E-state index >= 15 is 0 Å². The quantitative estimate of drug-likeness (QED) is 0.662. The van der Waals surface area contributed by atoms with E-state index in [9.17, 15) is 9.59 Å². The molecule has 2 heterocycles. The molecule has 2 aromatic heterocycles. The van der Waals surface area contributed by atoms with Crippen LogP contribution in [-0.4, -0.2) is 33.2 Å². The van der Waals surface area contributed by atoms with Crippen LogP contribution in [0.5, 0.6) is 0 Å². The fourth-order valence-electron chi connectivity index (χ4n) is 1.59. The lowest BCUT2D eigenvalue weighted by Gasteiger charge is -2.02. The molecule has 7 nitrogen and oxygen atoms in total. The number of carbonyl (C=O) groups excluding carboxylic acids is 1. The molecule has 0 fully saturated rings. The number of nitrogens with one attached hydrogen (secondary N) is 1. The summed E-state index contributed by atoms with van der Waals surface area (Å²) in [6, 6.07) is 5.24. The van der Waals surface area contributed by atoms with Gasteiger partial charge >= 0.3 is 5.69 Å². The zero-order valence-corrected chi connectivity index (χ0v) is 9.87. The minimum absolute atomic E-state index is 0.0783. The Morgan fingerprint density at radius 3 is 3.00 bits per heavy atom. The molecule has 0 saturated heterocycles. The van der Waals surface area contributed by atoms with Gasteiger partial charge in [-0.25, -0.2) is 9.48 Å². The van der Waals surface area contributed by atoms with Gasteiger partial charge in [-0.15, -0.1) is 5.10 Å². The first-order valence-corrected chi connectivity index (χ1v) is 5.73. The second-order valence-corrected chi connectivity index (χ2v) is 3.86. The van der Waals surface area contributed by atoms with Crippen molar-refractivity contribution in [2.45, 2.75) is 13.0 Å². The monoisotopic (exact) mass is 249 g/mol. The minimum Gasteiger partial charge on any atom is -0.354 e. The zero-order valence-electron chi connectivity index (χ0n) is 9.87. The van der Waals surface area contributed by atoms with E-state index in [0.717, 1.165) is 4.68 Å². The van der Waals surface area contributed by atoms with Crippen LogP contribution in [-0.2, 0) is 11.3 Å². The first-order valence-electron chi connectivity index (χ1n) is 5.73. The normalized spacial score (nSPS) is 10.7. The molecule has 2 aromatic rings. The average molecular weight is 249 g/mol. The Kier molecular flexibility index (Phi) is 3.73. The maximum Gasteiger partial charge on any atom is 0.350 e. The summed E-state index contributed by atoms with van der Waals surface area (Å²) in [6.07, 6.45) is 2.33. The number of rotatable bonds is 5. The summed E-state index contributed by atoms with van der Waals surface area (Å²) in [7, 11) is 0. The molecule has 18 heavy (non-hydrogen) atoms. The van der Waals surface area contributed by atoms with E-state index in [1.165, 1.54) is 4.40 Å². The molecule has 0 saturated carbocycles. The van der Waals surface area contributed by atoms with Gasteiger partial charge in [0.1, 0.15) is 6.54 Å². The molecule has 0 bridgehead atoms. The van der Waals surface area contributed by atoms with Crippen molar-refractivity contribution in [3.63, 3.8) is 0 Å². The molecular formula is C11H15N5O2. The van der Waals surface area contributed by atoms with Crippen LogP contribution in [0.4, 0.5) is 0 Å². The van der Waals surface area contributed by atoms with Crippen molar-refractivity contribution in [2.75, 3.05) is 13.1 Å². The summed E-state index contributed by atoms with van der Waals surface area (Å²) in [5.41, 5.74) is 5.53. The fourth-order valence-corrected chi connectivity index (χ4v) is 1.59. The molecule has 0 aliphatic heterocycles. The molecule has 96 valence electrons. The van der Waals surface area contributed by atoms with Crippen LogP contribution in [0.2, 0.25) is 0 Å². The van der Waals surface area contributed by atoms with Gasteiger partial charge in [-0.05, 0) is 25.1 Å². The Bertz CT molecular complexity index is 601. The molecule has 1 amide bonds. The lowest BCUT2D eigenvalue weighted by Crippen LogP contribution is -2.33. The molecular weight excluding hydrogens is 234 g/mol. The summed E-state index contributed by atoms with van der Waals surface area (Å²) < 4.78 is 2.54. The van der Waals surface area contributed by atoms with Crippen molar-refractivity contribution >= 4 is 11.6 Å². The third kappa shape index (κ3) is 2.57. The summed E-state index contributed by atoms with van der Waals surface area (Å²) >= 11 is 0. The molecule has 2 rings (SSSR count). The number of hydrogen-bond acceptors (Lipinski definition) is 4. The number of fused-ring (bicyclic) bond motifs is 1. The van der Waals surface area contributed by atoms with Gasteiger partial charge in [-0.2, -0.15) is 0 Å². The summed E-state index contributed by atoms with van der Waals surface area (Å²) in [6.45, 7) is 0.955. The lowest BCUT2D eigenvalue weighted by molar-refractivity contribution is -0.121. The van der Waals surface area contributed by atoms with Gasteiger partial charge < -0.3 is 11.1 Å². The molecule has 0 aromatic carbocycles. The average Bonchev–Trinajstić information content (AvgIpc) is 2.67. The second-order valence-electron chi connectivity index (χ2n) is 3.86. The molecule has 3 N–H and O–H groups in total. The van der Waals surface area contributed by atoms with Crippen molar-refractivity contribution in [1.82, 2.24) is 19.5 Å². The predicted molar refractivity (Wildman–Crippen MR) is 66.1 cm³/mol. The van der Waals surface area contributed by atoms with Crippen LogP contribution in [0.3, 0.4) is 0 Å². The Labute approximate surface area is 103 Å². The summed E-state index contributed by atoms with van der Waals surface area (Å²) in [4.78, 5) is 23.4. The van der Waals surface area contributed by atoms with Crippen LogP contribution >= 0.6 is 0 Å². The number of pyridine rings is 1. The molecule has 0 spiro atoms. The highest BCUT2D eigenvalue weighted by molar-refractivity contribution is 5.75. The molecule has 0 aliphatic carbocycles. The third-order valence-electron chi connectivity index (χ3n) is 2.48. The van der Waals surface area contributed by atoms with Crippen LogP contribution < -0.4 is 16.7 Å². The Balaban J connectivity index is 2.10. The highest BCUT2D eigenvalue weighted by atomic mass is 16.2. The Morgan fingerprint density at radius 1 is 1.44 bits per heavy atom. The van der Waals surface area contributed by atoms with Crippen LogP contribution in [0.15, 0.2) is 29.2 Å². The fraction of sp³-hybridized carbons (Fsp3) is 0.364. The van der Waals surface area contributed by atoms with Crippen molar-refractivity contribution in [2.24, 2.45) is 5.73 Å². The van der Waals surface area contributed by atoms with E-state index in [1.807, 2.05) is 0 Å². The lowest BCUT2D eigenvalue weighted by atomic mass is 10.4. The minimum atomic E-state index is -0.320. The number of carbonyl (C=O) groups is 1. The smallest absolute Gasteiger partial charge is 0.350 e. The number of nitrogens with two attached hydrogens (primary N) is 1. The highest BCUT2D eigenvalue weighted by Crippen LogP contribution is 1.94. The van der Waals surface area contributed by atoms with Crippen LogP contribution in [0, 0.1) is 0 Å². The second kappa shape index (κ2) is 5.46. The maximum absolute atomic E-state index is 11.9. The van der Waals surface area contributed by atoms with Crippen molar-refractivity contribution in [1.29, 1.82) is 0 Å². The maximum atomic E-state index is 11.9. The number of hydrogen-bond donors (Lipinski definition) is 2. The van der Waals surface area contributed by atoms with Crippen LogP contribution in [0.1, 0.15) is 6.42 Å². The van der Waals surface area contributed by atoms with E-state index in [4.69, 9.17) is 5.73 Å². The predicted octanol–water partition coefficient (Wildman–Crippen LogP) is -1.04. The van der Waals surface area contributed by atoms with Crippen molar-refractivity contribution < 1.29 is 4.79 Å². The van der Waals surface area contributed by atoms with E-state index < -0.39 is 0 Å². The number of aromatic nitrogens is 3. The van der Waals surface area contributed by atoms with Crippen LogP contribution in [0.25, 0.3) is 5.65 Å². The van der Waals surface area contributed by atoms with Crippen molar-refractivity contribution in [3.8, 4) is 0 Å². The summed E-state index contributed by atoms with van der Waals surface area (Å²) in [5, 5.41) is 6.74. The molecule has 7 heteroatoms. The molecule has 0 atom stereocenters. The highest BCUT2D eigenvalue weighted by Gasteiger charge is 2.09. The molecule has 0 aliphatic rings. The van der Waals surface area contributed by atoms with Gasteiger partial charge in [-0.3, -0.25) is 9.20 Å². The Morgan fingerprint density at radius 2 is 2.28 bits per heavy atom. The van der Waals surface area contributed by atoms with Gasteiger partial charge in [0.15, 0.2) is 5.65 Å². The Hall–Kier alpha value is -2.15. The van der Waals surface area contributed by atoms with E-state index in [0.29, 0.717) is 25.2 Å². The van der Waals surface area contributed by atoms with Gasteiger partial charge in [-0.1, -0.05) is 6.07 Å². The SMILES string of the molecule is NCCCNC(=O)Cn1nc2ccccn2c1=O. The van der Waals surface area contributed by atoms with Gasteiger partial charge in [0.05, 0.1) is 0 Å². The standard InChI is InChI=1S/C11H15N5O2/c12-5-3-6-13-10(17)8-16-11(18)15-7-2-1-4-9(15)14-16/h1-2,4,7H,3,5-6,8,12H2,(H,13,17). The van der Waals surface area contributed by atoms with Gasteiger partial charge in [0.2, 0.25) is 5.91 Å². The van der Waals surface area contributed by atoms with E-state index in [-0.39, 0.29) is 18.1 Å². The first kappa shape index (κ1) is 12.3. The zero-order chi connectivity index (χ0) is 13.0. The number of amides is 1. The summed E-state index contributed by atoms with van der Waals surface area (Å²) in [5.74, 6) is -0.242. The molecule has 0 unspecified atom stereocenters. The largest absolute Gasteiger partial charge is 0.354 e. The topological polar surface area (TPSA) is 94.4 Å². The van der Waals surface area contributed by atoms with E-state index in [1.54, 1.807) is 24.4 Å². The molecule has 0 radical (unpaired) electrons. The van der Waals surface area contributed by atoms with E-state index in [2.05, 4.69) is 10.4 Å². The van der Waals surface area contributed by atoms with Gasteiger partial charge in [0.25, 0.3) is 0 Å².